The number of aliphatic carboxylic acids is 3. The Hall–Kier alpha value is -4.33. The number of benzene rings is 2. The third-order valence-electron chi connectivity index (χ3n) is 5.48. The molecule has 0 heterocycles. The van der Waals surface area contributed by atoms with Gasteiger partial charge in [0, 0.05) is 12.8 Å². The average Bonchev–Trinajstić information content (AvgIpc) is 2.97. The largest absolute Gasteiger partial charge is 0.480 e. The number of carbonyl (C=O) groups is 5. The molecular formula is C30H43N3O10. The van der Waals surface area contributed by atoms with Crippen LogP contribution in [0.3, 0.4) is 0 Å². The lowest BCUT2D eigenvalue weighted by Gasteiger charge is -2.07. The Kier molecular flexibility index (Phi) is 20.0. The molecule has 0 radical (unpaired) electrons. The lowest BCUT2D eigenvalue weighted by atomic mass is 10.1. The standard InChI is InChI=1S/2C12H15NO4.C6H13NO2/c2*13-10(12(15)16)6-7-11(14)17-8-9-4-2-1-3-5-9;1-4(2)3-5(7)6(8)9/h2*1-5,10H,6-8,13H2,(H,15,16);4-5H,3,7H2,1-2H3,(H,8,9)/t2*10-;5-/m000/s1. The molecule has 238 valence electrons. The Morgan fingerprint density at radius 2 is 0.930 bits per heavy atom. The van der Waals surface area contributed by atoms with Crippen molar-refractivity contribution in [3.63, 3.8) is 0 Å². The van der Waals surface area contributed by atoms with Gasteiger partial charge in [0.25, 0.3) is 0 Å². The molecule has 0 saturated carbocycles. The molecule has 2 rings (SSSR count). The summed E-state index contributed by atoms with van der Waals surface area (Å²) >= 11 is 0. The van der Waals surface area contributed by atoms with Crippen molar-refractivity contribution in [2.24, 2.45) is 23.1 Å². The van der Waals surface area contributed by atoms with Crippen molar-refractivity contribution in [3.8, 4) is 0 Å². The van der Waals surface area contributed by atoms with E-state index in [1.54, 1.807) is 0 Å². The summed E-state index contributed by atoms with van der Waals surface area (Å²) in [6, 6.07) is 15.8. The molecule has 3 atom stereocenters. The van der Waals surface area contributed by atoms with Gasteiger partial charge in [-0.25, -0.2) is 0 Å². The minimum atomic E-state index is -1.11. The lowest BCUT2D eigenvalue weighted by molar-refractivity contribution is -0.147. The highest BCUT2D eigenvalue weighted by molar-refractivity contribution is 5.76. The van der Waals surface area contributed by atoms with Gasteiger partial charge in [-0.2, -0.15) is 0 Å². The van der Waals surface area contributed by atoms with E-state index < -0.39 is 48.0 Å². The zero-order valence-electron chi connectivity index (χ0n) is 24.5. The van der Waals surface area contributed by atoms with E-state index >= 15 is 0 Å². The molecule has 2 aromatic rings. The van der Waals surface area contributed by atoms with Gasteiger partial charge in [-0.3, -0.25) is 24.0 Å². The summed E-state index contributed by atoms with van der Waals surface area (Å²) in [6.07, 6.45) is 0.752. The molecule has 2 aromatic carbocycles. The number of carboxylic acids is 3. The van der Waals surface area contributed by atoms with Gasteiger partial charge in [0.2, 0.25) is 0 Å². The molecule has 0 aliphatic carbocycles. The highest BCUT2D eigenvalue weighted by Gasteiger charge is 2.15. The molecule has 0 unspecified atom stereocenters. The first-order valence-corrected chi connectivity index (χ1v) is 13.6. The fourth-order valence-electron chi connectivity index (χ4n) is 3.02. The maximum atomic E-state index is 11.3. The normalized spacial score (nSPS) is 12.2. The molecule has 43 heavy (non-hydrogen) atoms. The maximum Gasteiger partial charge on any atom is 0.320 e. The average molecular weight is 606 g/mol. The van der Waals surface area contributed by atoms with Gasteiger partial charge in [-0.1, -0.05) is 74.5 Å². The van der Waals surface area contributed by atoms with E-state index in [9.17, 15) is 24.0 Å². The van der Waals surface area contributed by atoms with E-state index in [2.05, 4.69) is 0 Å². The predicted octanol–water partition coefficient (Wildman–Crippen LogP) is 2.29. The Bertz CT molecular complexity index is 1040. The molecule has 13 heteroatoms. The fraction of sp³-hybridized carbons (Fsp3) is 0.433. The Morgan fingerprint density at radius 3 is 1.19 bits per heavy atom. The molecule has 0 aliphatic rings. The summed E-state index contributed by atoms with van der Waals surface area (Å²) in [7, 11) is 0. The van der Waals surface area contributed by atoms with Gasteiger partial charge < -0.3 is 42.0 Å². The molecule has 13 nitrogen and oxygen atoms in total. The first-order chi connectivity index (χ1) is 20.2. The number of ether oxygens (including phenoxy) is 2. The third kappa shape index (κ3) is 21.1. The molecule has 0 aliphatic heterocycles. The smallest absolute Gasteiger partial charge is 0.320 e. The summed E-state index contributed by atoms with van der Waals surface area (Å²) in [5, 5.41) is 25.4. The zero-order chi connectivity index (χ0) is 32.8. The second-order valence-corrected chi connectivity index (χ2v) is 9.83. The summed E-state index contributed by atoms with van der Waals surface area (Å²) in [6.45, 7) is 4.29. The highest BCUT2D eigenvalue weighted by Crippen LogP contribution is 2.05. The van der Waals surface area contributed by atoms with Crippen LogP contribution in [0, 0.1) is 5.92 Å². The zero-order valence-corrected chi connectivity index (χ0v) is 24.5. The van der Waals surface area contributed by atoms with Crippen LogP contribution in [-0.2, 0) is 46.7 Å². The van der Waals surface area contributed by atoms with Crippen LogP contribution in [0.25, 0.3) is 0 Å². The fourth-order valence-corrected chi connectivity index (χ4v) is 3.02. The van der Waals surface area contributed by atoms with Crippen molar-refractivity contribution in [1.29, 1.82) is 0 Å². The number of hydrogen-bond donors (Lipinski definition) is 6. The quantitative estimate of drug-likeness (QED) is 0.160. The van der Waals surface area contributed by atoms with Crippen molar-refractivity contribution in [3.05, 3.63) is 71.8 Å². The number of esters is 2. The van der Waals surface area contributed by atoms with Crippen LogP contribution in [0.4, 0.5) is 0 Å². The Labute approximate surface area is 251 Å². The highest BCUT2D eigenvalue weighted by atomic mass is 16.5. The number of rotatable bonds is 15. The lowest BCUT2D eigenvalue weighted by Crippen LogP contribution is -2.31. The van der Waals surface area contributed by atoms with Crippen LogP contribution in [0.5, 0.6) is 0 Å². The van der Waals surface area contributed by atoms with E-state index in [0.29, 0.717) is 12.3 Å². The van der Waals surface area contributed by atoms with Crippen LogP contribution < -0.4 is 17.2 Å². The maximum absolute atomic E-state index is 11.3. The minimum absolute atomic E-state index is 0.0142. The predicted molar refractivity (Wildman–Crippen MR) is 157 cm³/mol. The number of carboxylic acid groups (broad SMARTS) is 3. The number of hydrogen-bond acceptors (Lipinski definition) is 10. The molecule has 0 saturated heterocycles. The molecule has 0 aromatic heterocycles. The molecule has 0 amide bonds. The van der Waals surface area contributed by atoms with Crippen LogP contribution in [0.1, 0.15) is 57.1 Å². The SMILES string of the molecule is CC(C)C[C@H](N)C(=O)O.N[C@@H](CCC(=O)OCc1ccccc1)C(=O)O.N[C@@H](CCC(=O)OCc1ccccc1)C(=O)O. The first-order valence-electron chi connectivity index (χ1n) is 13.6. The van der Waals surface area contributed by atoms with Crippen LogP contribution in [0.2, 0.25) is 0 Å². The van der Waals surface area contributed by atoms with Gasteiger partial charge in [-0.15, -0.1) is 0 Å². The van der Waals surface area contributed by atoms with Gasteiger partial charge >= 0.3 is 29.8 Å². The first kappa shape index (κ1) is 38.7. The van der Waals surface area contributed by atoms with E-state index in [1.807, 2.05) is 74.5 Å². The van der Waals surface area contributed by atoms with Gasteiger partial charge in [0.1, 0.15) is 31.3 Å². The minimum Gasteiger partial charge on any atom is -0.480 e. The van der Waals surface area contributed by atoms with Crippen LogP contribution in [-0.4, -0.2) is 63.3 Å². The monoisotopic (exact) mass is 605 g/mol. The topological polar surface area (TPSA) is 243 Å². The van der Waals surface area contributed by atoms with Crippen molar-refractivity contribution < 1.29 is 48.8 Å². The van der Waals surface area contributed by atoms with Gasteiger partial charge in [0.15, 0.2) is 0 Å². The van der Waals surface area contributed by atoms with Crippen LogP contribution >= 0.6 is 0 Å². The summed E-state index contributed by atoms with van der Waals surface area (Å²) < 4.78 is 9.94. The van der Waals surface area contributed by atoms with E-state index in [4.69, 9.17) is 42.0 Å². The van der Waals surface area contributed by atoms with E-state index in [1.165, 1.54) is 0 Å². The van der Waals surface area contributed by atoms with E-state index in [-0.39, 0.29) is 38.9 Å². The van der Waals surface area contributed by atoms with Crippen LogP contribution in [0.15, 0.2) is 60.7 Å². The second-order valence-electron chi connectivity index (χ2n) is 9.83. The van der Waals surface area contributed by atoms with Crippen molar-refractivity contribution in [1.82, 2.24) is 0 Å². The van der Waals surface area contributed by atoms with Gasteiger partial charge in [0.05, 0.1) is 0 Å². The molecular weight excluding hydrogens is 562 g/mol. The summed E-state index contributed by atoms with van der Waals surface area (Å²) in [4.78, 5) is 53.5. The molecule has 0 spiro atoms. The Morgan fingerprint density at radius 1 is 0.605 bits per heavy atom. The Balaban J connectivity index is 0.000000648. The molecule has 0 bridgehead atoms. The van der Waals surface area contributed by atoms with Crippen molar-refractivity contribution in [2.75, 3.05) is 0 Å². The summed E-state index contributed by atoms with van der Waals surface area (Å²) in [5.74, 6) is -3.65. The van der Waals surface area contributed by atoms with Crippen molar-refractivity contribution >= 4 is 29.8 Å². The number of nitrogens with two attached hydrogens (primary N) is 3. The van der Waals surface area contributed by atoms with Gasteiger partial charge in [-0.05, 0) is 36.3 Å². The molecule has 9 N–H and O–H groups in total. The second kappa shape index (κ2) is 22.3. The molecule has 0 fully saturated rings. The van der Waals surface area contributed by atoms with Crippen molar-refractivity contribution in [2.45, 2.75) is 77.3 Å². The summed E-state index contributed by atoms with van der Waals surface area (Å²) in [5.41, 5.74) is 17.5. The van der Waals surface area contributed by atoms with E-state index in [0.717, 1.165) is 11.1 Å². The third-order valence-corrected chi connectivity index (χ3v) is 5.48. The number of carbonyl (C=O) groups excluding carboxylic acids is 2.